The molecule has 3 heterocycles. The predicted molar refractivity (Wildman–Crippen MR) is 143 cm³/mol. The lowest BCUT2D eigenvalue weighted by Gasteiger charge is -2.27. The van der Waals surface area contributed by atoms with Crippen LogP contribution in [0.3, 0.4) is 0 Å². The van der Waals surface area contributed by atoms with E-state index in [0.717, 1.165) is 11.1 Å². The van der Waals surface area contributed by atoms with Gasteiger partial charge in [0, 0.05) is 42.2 Å². The number of carbonyl (C=O) groups excluding carboxylic acids is 1. The summed E-state index contributed by atoms with van der Waals surface area (Å²) >= 11 is 0. The fourth-order valence-corrected chi connectivity index (χ4v) is 4.70. The summed E-state index contributed by atoms with van der Waals surface area (Å²) in [5, 5.41) is 24.3. The monoisotopic (exact) mass is 507 g/mol. The van der Waals surface area contributed by atoms with E-state index in [0.29, 0.717) is 59.4 Å². The Kier molecular flexibility index (Phi) is 7.20. The van der Waals surface area contributed by atoms with Crippen molar-refractivity contribution in [2.75, 3.05) is 19.7 Å². The lowest BCUT2D eigenvalue weighted by Crippen LogP contribution is -2.42. The molecule has 0 bridgehead atoms. The average molecular weight is 508 g/mol. The van der Waals surface area contributed by atoms with Crippen molar-refractivity contribution in [1.82, 2.24) is 19.7 Å². The number of amides is 1. The number of carbonyl (C=O) groups is 1. The summed E-state index contributed by atoms with van der Waals surface area (Å²) < 4.78 is 7.72. The molecule has 1 amide bonds. The van der Waals surface area contributed by atoms with Crippen molar-refractivity contribution < 1.29 is 14.6 Å². The van der Waals surface area contributed by atoms with E-state index < -0.39 is 0 Å². The highest BCUT2D eigenvalue weighted by molar-refractivity contribution is 6.04. The maximum Gasteiger partial charge on any atom is 0.272 e. The predicted octanol–water partition coefficient (Wildman–Crippen LogP) is 4.63. The van der Waals surface area contributed by atoms with Crippen molar-refractivity contribution in [3.8, 4) is 34.2 Å². The smallest absolute Gasteiger partial charge is 0.272 e. The Balaban J connectivity index is 1.52. The first kappa shape index (κ1) is 25.2. The average Bonchev–Trinajstić information content (AvgIpc) is 3.34. The Morgan fingerprint density at radius 1 is 1.08 bits per heavy atom. The summed E-state index contributed by atoms with van der Waals surface area (Å²) in [6.07, 6.45) is 3.35. The number of hydrogen-bond donors (Lipinski definition) is 1. The van der Waals surface area contributed by atoms with Crippen LogP contribution < -0.4 is 4.74 Å². The van der Waals surface area contributed by atoms with Gasteiger partial charge in [0.1, 0.15) is 23.7 Å². The third kappa shape index (κ3) is 4.89. The minimum atomic E-state index is -0.220. The first-order valence-electron chi connectivity index (χ1n) is 12.7. The van der Waals surface area contributed by atoms with Gasteiger partial charge >= 0.3 is 0 Å². The molecule has 0 saturated carbocycles. The normalized spacial score (nSPS) is 12.9. The summed E-state index contributed by atoms with van der Waals surface area (Å²) in [5.74, 6) is 0.810. The second kappa shape index (κ2) is 10.9. The van der Waals surface area contributed by atoms with Gasteiger partial charge < -0.3 is 14.7 Å². The van der Waals surface area contributed by atoms with Crippen LogP contribution in [0.1, 0.15) is 46.9 Å². The van der Waals surface area contributed by atoms with Gasteiger partial charge in [-0.2, -0.15) is 10.4 Å². The third-order valence-electron chi connectivity index (χ3n) is 6.78. The first-order valence-corrected chi connectivity index (χ1v) is 12.7. The van der Waals surface area contributed by atoms with E-state index in [2.05, 4.69) is 49.2 Å². The van der Waals surface area contributed by atoms with E-state index in [9.17, 15) is 15.2 Å². The van der Waals surface area contributed by atoms with Crippen molar-refractivity contribution in [2.24, 2.45) is 0 Å². The Labute approximate surface area is 221 Å². The highest BCUT2D eigenvalue weighted by Gasteiger charge is 2.33. The minimum absolute atomic E-state index is 0.123. The van der Waals surface area contributed by atoms with Crippen LogP contribution in [-0.2, 0) is 13.2 Å². The van der Waals surface area contributed by atoms with Crippen LogP contribution in [0, 0.1) is 11.3 Å². The molecule has 2 aromatic heterocycles. The van der Waals surface area contributed by atoms with E-state index in [1.54, 1.807) is 28.0 Å². The molecule has 192 valence electrons. The van der Waals surface area contributed by atoms with Gasteiger partial charge in [0.25, 0.3) is 5.91 Å². The molecule has 0 radical (unpaired) electrons. The summed E-state index contributed by atoms with van der Waals surface area (Å²) in [4.78, 5) is 19.2. The summed E-state index contributed by atoms with van der Waals surface area (Å²) in [5.41, 5.74) is 5.71. The first-order chi connectivity index (χ1) is 18.5. The van der Waals surface area contributed by atoms with Gasteiger partial charge in [-0.3, -0.25) is 14.5 Å². The van der Waals surface area contributed by atoms with Gasteiger partial charge in [-0.1, -0.05) is 38.1 Å². The number of nitriles is 1. The number of aliphatic hydroxyl groups is 1. The maximum atomic E-state index is 13.5. The molecule has 8 nitrogen and oxygen atoms in total. The number of aliphatic hydroxyl groups excluding tert-OH is 1. The number of hydrogen-bond acceptors (Lipinski definition) is 6. The number of nitrogens with zero attached hydrogens (tertiary/aromatic N) is 5. The molecule has 0 aliphatic carbocycles. The van der Waals surface area contributed by atoms with Crippen molar-refractivity contribution in [1.29, 1.82) is 5.26 Å². The Hall–Kier alpha value is -4.48. The number of fused-ring (bicyclic) bond motifs is 1. The van der Waals surface area contributed by atoms with Crippen molar-refractivity contribution in [3.63, 3.8) is 0 Å². The van der Waals surface area contributed by atoms with Crippen LogP contribution in [0.25, 0.3) is 22.4 Å². The summed E-state index contributed by atoms with van der Waals surface area (Å²) in [7, 11) is 0. The van der Waals surface area contributed by atoms with Gasteiger partial charge in [-0.15, -0.1) is 0 Å². The fraction of sp³-hybridized carbons (Fsp3) is 0.267. The van der Waals surface area contributed by atoms with Gasteiger partial charge in [0.15, 0.2) is 0 Å². The molecule has 8 heteroatoms. The highest BCUT2D eigenvalue weighted by Crippen LogP contribution is 2.39. The van der Waals surface area contributed by atoms with Crippen LogP contribution in [0.5, 0.6) is 5.75 Å². The molecule has 5 rings (SSSR count). The van der Waals surface area contributed by atoms with Crippen LogP contribution in [0.4, 0.5) is 0 Å². The van der Waals surface area contributed by atoms with E-state index >= 15 is 0 Å². The third-order valence-corrected chi connectivity index (χ3v) is 6.78. The quantitative estimate of drug-likeness (QED) is 0.373. The molecule has 1 aliphatic heterocycles. The highest BCUT2D eigenvalue weighted by atomic mass is 16.5. The number of β-amino-alcohol motifs (C(OH)–C–C–N with tert-alkyl or cyclic N) is 1. The van der Waals surface area contributed by atoms with Crippen LogP contribution in [0.15, 0.2) is 67.0 Å². The zero-order valence-electron chi connectivity index (χ0n) is 21.5. The summed E-state index contributed by atoms with van der Waals surface area (Å²) in [6, 6.07) is 19.6. The van der Waals surface area contributed by atoms with Gasteiger partial charge in [0.2, 0.25) is 0 Å². The standard InChI is InChI=1S/C30H29N5O3/c1-20(2)22-5-3-21(4-6-22)19-38-25-7-8-26(24(17-25)18-31)27-28(23-9-11-32-12-10-23)33-35-14-13-34(15-16-36)30(37)29(27)35/h3-12,17,20,36H,13-16,19H2,1-2H3. The van der Waals surface area contributed by atoms with Gasteiger partial charge in [-0.25, -0.2) is 0 Å². The molecular formula is C30H29N5O3. The fourth-order valence-electron chi connectivity index (χ4n) is 4.70. The molecular weight excluding hydrogens is 478 g/mol. The molecule has 1 aliphatic rings. The topological polar surface area (TPSA) is 104 Å². The van der Waals surface area contributed by atoms with Crippen LogP contribution in [-0.4, -0.2) is 50.4 Å². The van der Waals surface area contributed by atoms with Crippen molar-refractivity contribution in [2.45, 2.75) is 32.9 Å². The molecule has 4 aromatic rings. The zero-order chi connectivity index (χ0) is 26.6. The van der Waals surface area contributed by atoms with Gasteiger partial charge in [0.05, 0.1) is 24.8 Å². The molecule has 0 spiro atoms. The maximum absolute atomic E-state index is 13.5. The molecule has 0 fully saturated rings. The largest absolute Gasteiger partial charge is 0.489 e. The Morgan fingerprint density at radius 3 is 2.53 bits per heavy atom. The number of aromatic nitrogens is 3. The lowest BCUT2D eigenvalue weighted by molar-refractivity contribution is 0.0662. The van der Waals surface area contributed by atoms with Gasteiger partial charge in [-0.05, 0) is 47.4 Å². The molecule has 0 unspecified atom stereocenters. The van der Waals surface area contributed by atoms with E-state index in [4.69, 9.17) is 9.84 Å². The lowest BCUT2D eigenvalue weighted by atomic mass is 9.94. The molecule has 0 saturated heterocycles. The van der Waals surface area contributed by atoms with E-state index in [-0.39, 0.29) is 19.1 Å². The van der Waals surface area contributed by atoms with Crippen molar-refractivity contribution >= 4 is 5.91 Å². The van der Waals surface area contributed by atoms with Crippen molar-refractivity contribution in [3.05, 3.63) is 89.4 Å². The molecule has 2 aromatic carbocycles. The van der Waals surface area contributed by atoms with Crippen LogP contribution in [0.2, 0.25) is 0 Å². The number of rotatable bonds is 8. The SMILES string of the molecule is CC(C)c1ccc(COc2ccc(-c3c(-c4ccncc4)nn4c3C(=O)N(CCO)CC4)c(C#N)c2)cc1. The second-order valence-electron chi connectivity index (χ2n) is 9.55. The molecule has 38 heavy (non-hydrogen) atoms. The number of pyridine rings is 1. The summed E-state index contributed by atoms with van der Waals surface area (Å²) in [6.45, 7) is 5.77. The molecule has 1 N–H and O–H groups in total. The van der Waals surface area contributed by atoms with E-state index in [1.165, 1.54) is 5.56 Å². The Morgan fingerprint density at radius 2 is 1.84 bits per heavy atom. The zero-order valence-corrected chi connectivity index (χ0v) is 21.5. The Bertz CT molecular complexity index is 1490. The number of ether oxygens (including phenoxy) is 1. The number of benzene rings is 2. The van der Waals surface area contributed by atoms with E-state index in [1.807, 2.05) is 24.3 Å². The minimum Gasteiger partial charge on any atom is -0.489 e. The second-order valence-corrected chi connectivity index (χ2v) is 9.55. The van der Waals surface area contributed by atoms with Crippen LogP contribution >= 0.6 is 0 Å². The molecule has 0 atom stereocenters.